The Balaban J connectivity index is 1.38. The van der Waals surface area contributed by atoms with Crippen LogP contribution in [0.5, 0.6) is 0 Å². The quantitative estimate of drug-likeness (QED) is 0.0779. The average Bonchev–Trinajstić information content (AvgIpc) is 3.78. The van der Waals surface area contributed by atoms with Gasteiger partial charge >= 0.3 is 0 Å². The normalized spacial score (nSPS) is 19.4. The number of carbonyl (C=O) groups is 1. The summed E-state index contributed by atoms with van der Waals surface area (Å²) in [6.07, 6.45) is -1.90. The van der Waals surface area contributed by atoms with Gasteiger partial charge in [-0.25, -0.2) is 22.5 Å². The lowest BCUT2D eigenvalue weighted by atomic mass is 9.93. The van der Waals surface area contributed by atoms with E-state index in [2.05, 4.69) is 37.0 Å². The first kappa shape index (κ1) is 42.4. The van der Waals surface area contributed by atoms with Crippen molar-refractivity contribution >= 4 is 46.2 Å². The second-order valence-electron chi connectivity index (χ2n) is 14.9. The maximum Gasteiger partial charge on any atom is 0.292 e. The van der Waals surface area contributed by atoms with Crippen molar-refractivity contribution in [2.24, 2.45) is 13.0 Å². The van der Waals surface area contributed by atoms with E-state index >= 15 is 8.78 Å². The van der Waals surface area contributed by atoms with Gasteiger partial charge in [-0.3, -0.25) is 19.1 Å². The first-order chi connectivity index (χ1) is 28.0. The van der Waals surface area contributed by atoms with Crippen molar-refractivity contribution in [3.05, 3.63) is 93.0 Å². The summed E-state index contributed by atoms with van der Waals surface area (Å²) >= 11 is 8.05. The van der Waals surface area contributed by atoms with E-state index in [1.807, 2.05) is 20.1 Å². The molecule has 1 fully saturated rings. The number of alkyl halides is 4. The fraction of sp³-hybridized carbons (Fsp3) is 0.415. The molecule has 1 aliphatic carbocycles. The molecule has 4 heterocycles. The molecule has 312 valence electrons. The van der Waals surface area contributed by atoms with E-state index < -0.39 is 65.4 Å². The van der Waals surface area contributed by atoms with Crippen molar-refractivity contribution in [3.8, 4) is 23.0 Å². The molecule has 2 aliphatic rings. The molecule has 2 N–H and O–H groups in total. The lowest BCUT2D eigenvalue weighted by Gasteiger charge is -2.36. The molecule has 3 aromatic heterocycles. The molecule has 18 heteroatoms. The molecule has 2 aromatic carbocycles. The number of amides is 1. The van der Waals surface area contributed by atoms with Gasteiger partial charge in [0.25, 0.3) is 12.3 Å². The number of halogens is 7. The molecular weight excluding hydrogens is 818 g/mol. The maximum atomic E-state index is 15.4. The van der Waals surface area contributed by atoms with Crippen LogP contribution in [0.3, 0.4) is 0 Å². The highest BCUT2D eigenvalue weighted by Gasteiger charge is 2.51. The number of pyridine rings is 1. The van der Waals surface area contributed by atoms with E-state index in [1.54, 1.807) is 36.0 Å². The number of aryl methyl sites for hydroxylation is 1. The number of nitrogens with zero attached hydrogens (tertiary/aromatic N) is 6. The SMILES string of the molecule is CCN1CCO[C@](C)(C#Cc2ccc(-c3ccc(Cl)c4c(NSC)nn(C)c34)c([C@H](Cc3cc(F)cc(F)c3)NC(=O)Cn3nc(C(F)F)c4c3C(F)(F)[C@H](C)C4)n2)C1. The largest absolute Gasteiger partial charge is 0.360 e. The van der Waals surface area contributed by atoms with Crippen LogP contribution in [0, 0.1) is 29.4 Å². The zero-order valence-corrected chi connectivity index (χ0v) is 34.3. The number of rotatable bonds is 11. The molecule has 1 amide bonds. The summed E-state index contributed by atoms with van der Waals surface area (Å²) in [6.45, 7) is 6.89. The summed E-state index contributed by atoms with van der Waals surface area (Å²) in [5.41, 5.74) is -0.467. The second-order valence-corrected chi connectivity index (χ2v) is 15.9. The Morgan fingerprint density at radius 2 is 1.83 bits per heavy atom. The highest BCUT2D eigenvalue weighted by Crippen LogP contribution is 2.48. The molecule has 1 saturated heterocycles. The average molecular weight is 859 g/mol. The number of aromatic nitrogens is 5. The first-order valence-electron chi connectivity index (χ1n) is 18.9. The number of hydrogen-bond acceptors (Lipinski definition) is 8. The third-order valence-corrected chi connectivity index (χ3v) is 11.4. The number of fused-ring (bicyclic) bond motifs is 2. The highest BCUT2D eigenvalue weighted by molar-refractivity contribution is 7.99. The van der Waals surface area contributed by atoms with Crippen LogP contribution in [-0.2, 0) is 41.9 Å². The van der Waals surface area contributed by atoms with Crippen molar-refractivity contribution in [1.29, 1.82) is 0 Å². The Kier molecular flexibility index (Phi) is 12.0. The maximum absolute atomic E-state index is 15.4. The minimum atomic E-state index is -3.53. The molecule has 3 atom stereocenters. The Hall–Kier alpha value is -4.76. The summed E-state index contributed by atoms with van der Waals surface area (Å²) in [5, 5.41) is 12.2. The highest BCUT2D eigenvalue weighted by atomic mass is 35.5. The molecule has 10 nitrogen and oxygen atoms in total. The van der Waals surface area contributed by atoms with E-state index in [1.165, 1.54) is 18.9 Å². The third kappa shape index (κ3) is 8.50. The number of benzene rings is 2. The van der Waals surface area contributed by atoms with Gasteiger partial charge in [-0.2, -0.15) is 19.0 Å². The molecule has 7 rings (SSSR count). The van der Waals surface area contributed by atoms with Crippen molar-refractivity contribution in [1.82, 2.24) is 34.8 Å². The van der Waals surface area contributed by atoms with E-state index in [-0.39, 0.29) is 35.4 Å². The Morgan fingerprint density at radius 1 is 1.10 bits per heavy atom. The summed E-state index contributed by atoms with van der Waals surface area (Å²) in [6, 6.07) is 8.58. The van der Waals surface area contributed by atoms with Gasteiger partial charge in [0.1, 0.15) is 40.9 Å². The molecule has 1 aliphatic heterocycles. The van der Waals surface area contributed by atoms with Gasteiger partial charge in [0, 0.05) is 55.1 Å². The predicted octanol–water partition coefficient (Wildman–Crippen LogP) is 8.24. The molecular formula is C41H41ClF6N8O2S. The fourth-order valence-electron chi connectivity index (χ4n) is 7.90. The number of likely N-dealkylation sites (N-methyl/N-ethyl adjacent to an activating group) is 1. The standard InChI is InChI=1S/C41H41ClF6N8O2S/c1-6-55-13-14-58-40(3,21-55)12-11-26-7-8-27(28-9-10-30(42)33-36(28)54(4)52-39(33)53-59-5)34(49-26)31(18-23-16-24(43)19-25(44)17-23)50-32(57)20-56-37-29(35(51-56)38(45)46)15-22(2)41(37,47)48/h7-10,16-17,19,22,31,38H,6,13-15,18,20-21H2,1-5H3,(H,50,57)(H,52,53)/t22-,31+,40-/m1/s1. The molecule has 0 bridgehead atoms. The van der Waals surface area contributed by atoms with Gasteiger partial charge < -0.3 is 14.8 Å². The molecule has 5 aromatic rings. The van der Waals surface area contributed by atoms with Crippen LogP contribution >= 0.6 is 23.5 Å². The van der Waals surface area contributed by atoms with E-state index in [9.17, 15) is 22.4 Å². The van der Waals surface area contributed by atoms with Gasteiger partial charge in [-0.15, -0.1) is 0 Å². The number of carbonyl (C=O) groups excluding carboxylic acids is 1. The summed E-state index contributed by atoms with van der Waals surface area (Å²) in [7, 11) is 1.73. The van der Waals surface area contributed by atoms with Crippen LogP contribution in [0.15, 0.2) is 42.5 Å². The van der Waals surface area contributed by atoms with Crippen LogP contribution in [0.25, 0.3) is 22.0 Å². The second kappa shape index (κ2) is 16.7. The van der Waals surface area contributed by atoms with Gasteiger partial charge in [0.2, 0.25) is 5.91 Å². The zero-order valence-electron chi connectivity index (χ0n) is 32.8. The van der Waals surface area contributed by atoms with Crippen LogP contribution in [0.4, 0.5) is 32.2 Å². The Bertz CT molecular complexity index is 2460. The summed E-state index contributed by atoms with van der Waals surface area (Å²) < 4.78 is 99.8. The molecule has 59 heavy (non-hydrogen) atoms. The number of hydrogen-bond donors (Lipinski definition) is 2. The van der Waals surface area contributed by atoms with Crippen molar-refractivity contribution in [2.75, 3.05) is 37.2 Å². The number of anilines is 1. The minimum absolute atomic E-state index is 0.133. The van der Waals surface area contributed by atoms with Crippen molar-refractivity contribution < 1.29 is 35.9 Å². The van der Waals surface area contributed by atoms with Gasteiger partial charge in [0.05, 0.1) is 34.3 Å². The molecule has 0 spiro atoms. The van der Waals surface area contributed by atoms with E-state index in [4.69, 9.17) is 21.3 Å². The van der Waals surface area contributed by atoms with Gasteiger partial charge in [-0.1, -0.05) is 49.4 Å². The van der Waals surface area contributed by atoms with Crippen LogP contribution in [-0.4, -0.2) is 73.5 Å². The lowest BCUT2D eigenvalue weighted by molar-refractivity contribution is -0.123. The number of morpholine rings is 1. The first-order valence-corrected chi connectivity index (χ1v) is 20.5. The summed E-state index contributed by atoms with van der Waals surface area (Å²) in [4.78, 5) is 21.2. The predicted molar refractivity (Wildman–Crippen MR) is 214 cm³/mol. The third-order valence-electron chi connectivity index (χ3n) is 10.7. The molecule has 0 radical (unpaired) electrons. The topological polar surface area (TPSA) is 102 Å². The summed E-state index contributed by atoms with van der Waals surface area (Å²) in [5.74, 6) is -0.655. The zero-order chi connectivity index (χ0) is 42.4. The van der Waals surface area contributed by atoms with E-state index in [0.717, 1.165) is 25.2 Å². The minimum Gasteiger partial charge on any atom is -0.360 e. The van der Waals surface area contributed by atoms with E-state index in [0.29, 0.717) is 56.8 Å². The monoisotopic (exact) mass is 858 g/mol. The van der Waals surface area contributed by atoms with Crippen LogP contribution < -0.4 is 10.0 Å². The Morgan fingerprint density at radius 3 is 2.53 bits per heavy atom. The Labute approximate surface area is 346 Å². The molecule has 0 saturated carbocycles. The van der Waals surface area contributed by atoms with Crippen LogP contribution in [0.2, 0.25) is 5.02 Å². The van der Waals surface area contributed by atoms with Crippen molar-refractivity contribution in [3.63, 3.8) is 0 Å². The fourth-order valence-corrected chi connectivity index (χ4v) is 8.48. The van der Waals surface area contributed by atoms with Crippen LogP contribution in [0.1, 0.15) is 67.1 Å². The lowest BCUT2D eigenvalue weighted by Crippen LogP contribution is -2.49. The van der Waals surface area contributed by atoms with Gasteiger partial charge in [0.15, 0.2) is 5.82 Å². The van der Waals surface area contributed by atoms with Crippen molar-refractivity contribution in [2.45, 2.75) is 64.1 Å². The smallest absolute Gasteiger partial charge is 0.292 e. The number of nitrogens with one attached hydrogen (secondary N) is 2. The molecule has 0 unspecified atom stereocenters. The number of ether oxygens (including phenoxy) is 1. The van der Waals surface area contributed by atoms with Gasteiger partial charge in [-0.05, 0) is 68.1 Å².